The number of hydrogen-bond donors (Lipinski definition) is 0. The normalized spacial score (nSPS) is 25.0. The molecule has 0 bridgehead atoms. The van der Waals surface area contributed by atoms with Gasteiger partial charge >= 0.3 is 0 Å². The van der Waals surface area contributed by atoms with Crippen molar-refractivity contribution in [1.82, 2.24) is 0 Å². The molecule has 0 saturated heterocycles. The molecule has 0 N–H and O–H groups in total. The van der Waals surface area contributed by atoms with Crippen molar-refractivity contribution >= 4 is 13.8 Å². The largest absolute Gasteiger partial charge is 0.376 e. The minimum Gasteiger partial charge on any atom is -0.376 e. The van der Waals surface area contributed by atoms with E-state index in [9.17, 15) is 0 Å². The Labute approximate surface area is 269 Å². The monoisotopic (exact) mass is 607 g/mol. The first-order valence-corrected chi connectivity index (χ1v) is 20.6. The van der Waals surface area contributed by atoms with E-state index in [1.165, 1.54) is 68.7 Å². The van der Waals surface area contributed by atoms with Crippen molar-refractivity contribution in [2.75, 3.05) is 18.6 Å². The molecule has 0 radical (unpaired) electrons. The smallest absolute Gasteiger partial charge is 0.0667 e. The van der Waals surface area contributed by atoms with Gasteiger partial charge in [-0.2, -0.15) is 0 Å². The van der Waals surface area contributed by atoms with Crippen LogP contribution in [0.25, 0.3) is 0 Å². The Balaban J connectivity index is 1.38. The molecule has 0 saturated carbocycles. The third-order valence-corrected chi connectivity index (χ3v) is 17.2. The van der Waals surface area contributed by atoms with Gasteiger partial charge < -0.3 is 9.64 Å². The second kappa shape index (κ2) is 12.8. The lowest BCUT2D eigenvalue weighted by molar-refractivity contribution is -0.00471. The first kappa shape index (κ1) is 31.6. The topological polar surface area (TPSA) is 12.5 Å². The summed E-state index contributed by atoms with van der Waals surface area (Å²) in [6.45, 7) is 14.9. The molecule has 0 spiro atoms. The molecule has 6 atom stereocenters. The van der Waals surface area contributed by atoms with Crippen LogP contribution in [0.4, 0.5) is 5.69 Å². The zero-order chi connectivity index (χ0) is 31.1. The van der Waals surface area contributed by atoms with E-state index in [0.29, 0.717) is 17.5 Å². The lowest BCUT2D eigenvalue weighted by atomic mass is 9.94. The third-order valence-electron chi connectivity index (χ3n) is 11.6. The van der Waals surface area contributed by atoms with Gasteiger partial charge in [-0.3, -0.25) is 0 Å². The third kappa shape index (κ3) is 5.84. The average molecular weight is 608 g/mol. The maximum absolute atomic E-state index is 6.07. The van der Waals surface area contributed by atoms with Crippen molar-refractivity contribution in [2.45, 2.75) is 133 Å². The SMILES string of the molecule is CCCCC1CC([Si](C)(CCCCCCOC(C)(C)C)C2c3ccccc3C3C2c2cc(C)ccc2N3C)c2ccccc21. The molecule has 1 aliphatic heterocycles. The summed E-state index contributed by atoms with van der Waals surface area (Å²) in [5, 5.41) is 0. The van der Waals surface area contributed by atoms with E-state index in [2.05, 4.69) is 120 Å². The van der Waals surface area contributed by atoms with E-state index >= 15 is 0 Å². The van der Waals surface area contributed by atoms with Crippen LogP contribution in [0.1, 0.15) is 141 Å². The molecular formula is C41H57NOSi. The summed E-state index contributed by atoms with van der Waals surface area (Å²) in [4.78, 5) is 2.63. The van der Waals surface area contributed by atoms with Crippen molar-refractivity contribution in [3.8, 4) is 0 Å². The Morgan fingerprint density at radius 1 is 0.818 bits per heavy atom. The second-order valence-electron chi connectivity index (χ2n) is 15.6. The standard InChI is InChI=1S/C41H57NOSi/c1-8-9-18-30-28-37(32-20-13-12-19-31(30)32)44(7,26-17-11-10-16-25-43-41(3,4)5)40-34-22-15-14-21-33(34)39-38(40)35-27-29(2)23-24-36(35)42(39)6/h12-15,19-24,27,30,37-40H,8-11,16-18,25-26,28H2,1-7H3. The summed E-state index contributed by atoms with van der Waals surface area (Å²) in [6, 6.07) is 28.5. The maximum atomic E-state index is 6.07. The van der Waals surface area contributed by atoms with E-state index < -0.39 is 8.07 Å². The van der Waals surface area contributed by atoms with E-state index in [0.717, 1.165) is 18.1 Å². The first-order chi connectivity index (χ1) is 21.1. The number of nitrogens with zero attached hydrogens (tertiary/aromatic N) is 1. The molecule has 2 nitrogen and oxygen atoms in total. The van der Waals surface area contributed by atoms with Crippen LogP contribution in [-0.2, 0) is 4.74 Å². The van der Waals surface area contributed by atoms with Crippen LogP contribution in [-0.4, -0.2) is 27.3 Å². The first-order valence-electron chi connectivity index (χ1n) is 17.8. The number of fused-ring (bicyclic) bond motifs is 6. The summed E-state index contributed by atoms with van der Waals surface area (Å²) >= 11 is 0. The second-order valence-corrected chi connectivity index (χ2v) is 20.5. The van der Waals surface area contributed by atoms with Gasteiger partial charge in [-0.15, -0.1) is 0 Å². The maximum Gasteiger partial charge on any atom is 0.0667 e. The number of aryl methyl sites for hydroxylation is 1. The minimum atomic E-state index is -1.92. The number of hydrogen-bond acceptors (Lipinski definition) is 2. The Morgan fingerprint density at radius 2 is 1.50 bits per heavy atom. The van der Waals surface area contributed by atoms with E-state index in [1.807, 2.05) is 0 Å². The lowest BCUT2D eigenvalue weighted by Crippen LogP contribution is -2.46. The van der Waals surface area contributed by atoms with Crippen LogP contribution >= 0.6 is 0 Å². The zero-order valence-electron chi connectivity index (χ0n) is 28.7. The van der Waals surface area contributed by atoms with Crippen molar-refractivity contribution in [1.29, 1.82) is 0 Å². The fraction of sp³-hybridized carbons (Fsp3) is 0.561. The summed E-state index contributed by atoms with van der Waals surface area (Å²) in [5.74, 6) is 1.29. The molecule has 6 unspecified atom stereocenters. The summed E-state index contributed by atoms with van der Waals surface area (Å²) in [7, 11) is 0.439. The fourth-order valence-electron chi connectivity index (χ4n) is 9.58. The molecule has 1 heterocycles. The highest BCUT2D eigenvalue weighted by Gasteiger charge is 2.58. The molecular weight excluding hydrogens is 551 g/mol. The highest BCUT2D eigenvalue weighted by molar-refractivity contribution is 6.81. The number of rotatable bonds is 12. The van der Waals surface area contributed by atoms with Crippen LogP contribution in [0.15, 0.2) is 66.7 Å². The van der Waals surface area contributed by atoms with E-state index in [1.54, 1.807) is 27.8 Å². The van der Waals surface area contributed by atoms with Crippen LogP contribution in [0.2, 0.25) is 12.6 Å². The molecule has 2 aliphatic carbocycles. The van der Waals surface area contributed by atoms with Gasteiger partial charge in [0.25, 0.3) is 0 Å². The summed E-state index contributed by atoms with van der Waals surface area (Å²) < 4.78 is 6.07. The van der Waals surface area contributed by atoms with Gasteiger partial charge in [0.2, 0.25) is 0 Å². The van der Waals surface area contributed by atoms with E-state index in [-0.39, 0.29) is 5.60 Å². The summed E-state index contributed by atoms with van der Waals surface area (Å²) in [5.41, 5.74) is 12.5. The predicted octanol–water partition coefficient (Wildman–Crippen LogP) is 11.4. The quantitative estimate of drug-likeness (QED) is 0.150. The van der Waals surface area contributed by atoms with Crippen molar-refractivity contribution in [2.24, 2.45) is 0 Å². The molecule has 0 fully saturated rings. The van der Waals surface area contributed by atoms with Gasteiger partial charge in [-0.1, -0.05) is 118 Å². The molecule has 6 rings (SSSR count). The minimum absolute atomic E-state index is 0.0365. The predicted molar refractivity (Wildman–Crippen MR) is 191 cm³/mol. The molecule has 0 aromatic heterocycles. The Morgan fingerprint density at radius 3 is 2.23 bits per heavy atom. The van der Waals surface area contributed by atoms with Gasteiger partial charge in [0.05, 0.1) is 19.7 Å². The highest BCUT2D eigenvalue weighted by Crippen LogP contribution is 2.66. The number of benzene rings is 3. The Hall–Kier alpha value is -2.36. The molecule has 3 aliphatic rings. The molecule has 0 amide bonds. The van der Waals surface area contributed by atoms with Gasteiger partial charge in [-0.25, -0.2) is 0 Å². The number of unbranched alkanes of at least 4 members (excludes halogenated alkanes) is 4. The molecule has 3 aromatic rings. The Bertz CT molecular complexity index is 1440. The van der Waals surface area contributed by atoms with Gasteiger partial charge in [-0.05, 0) is 97.8 Å². The van der Waals surface area contributed by atoms with Crippen molar-refractivity contribution in [3.05, 3.63) is 100 Å². The summed E-state index contributed by atoms with van der Waals surface area (Å²) in [6.07, 6.45) is 10.5. The Kier molecular flexibility index (Phi) is 9.19. The van der Waals surface area contributed by atoms with Gasteiger partial charge in [0, 0.05) is 25.3 Å². The van der Waals surface area contributed by atoms with Crippen molar-refractivity contribution in [3.63, 3.8) is 0 Å². The van der Waals surface area contributed by atoms with Crippen molar-refractivity contribution < 1.29 is 4.74 Å². The van der Waals surface area contributed by atoms with Gasteiger partial charge in [0.15, 0.2) is 0 Å². The fourth-order valence-corrected chi connectivity index (χ4v) is 15.6. The van der Waals surface area contributed by atoms with Crippen LogP contribution < -0.4 is 4.90 Å². The van der Waals surface area contributed by atoms with Crippen LogP contribution in [0, 0.1) is 6.92 Å². The van der Waals surface area contributed by atoms with Crippen LogP contribution in [0.5, 0.6) is 0 Å². The zero-order valence-corrected chi connectivity index (χ0v) is 29.7. The molecule has 236 valence electrons. The molecule has 44 heavy (non-hydrogen) atoms. The number of anilines is 1. The van der Waals surface area contributed by atoms with E-state index in [4.69, 9.17) is 4.74 Å². The number of ether oxygens (including phenoxy) is 1. The van der Waals surface area contributed by atoms with Crippen LogP contribution in [0.3, 0.4) is 0 Å². The molecule has 3 aromatic carbocycles. The number of likely N-dealkylation sites (N-methyl/N-ethyl adjacent to an activating group) is 1. The molecule has 3 heteroatoms. The van der Waals surface area contributed by atoms with Gasteiger partial charge in [0.1, 0.15) is 0 Å². The lowest BCUT2D eigenvalue weighted by Gasteiger charge is -2.43. The average Bonchev–Trinajstić information content (AvgIpc) is 3.63. The highest BCUT2D eigenvalue weighted by atomic mass is 28.3.